The predicted octanol–water partition coefficient (Wildman–Crippen LogP) is 4.36. The van der Waals surface area contributed by atoms with Crippen LogP contribution < -0.4 is 10.1 Å². The van der Waals surface area contributed by atoms with Crippen molar-refractivity contribution < 1.29 is 23.4 Å². The molecule has 0 saturated carbocycles. The molecule has 0 fully saturated rings. The number of hydrogen-bond acceptors (Lipinski definition) is 2. The van der Waals surface area contributed by atoms with Crippen LogP contribution in [0.1, 0.15) is 25.5 Å². The number of halogens is 2. The average Bonchev–Trinajstić information content (AvgIpc) is 2.52. The molecule has 2 aromatic carbocycles. The molecule has 0 saturated heterocycles. The molecule has 0 spiro atoms. The van der Waals surface area contributed by atoms with Crippen molar-refractivity contribution in [1.29, 1.82) is 0 Å². The summed E-state index contributed by atoms with van der Waals surface area (Å²) in [6, 6.07) is 7.74. The maximum Gasteiger partial charge on any atom is 0.405 e. The summed E-state index contributed by atoms with van der Waals surface area (Å²) in [4.78, 5) is 11.1. The second-order valence-corrected chi connectivity index (χ2v) is 6.54. The third-order valence-corrected chi connectivity index (χ3v) is 4.21. The Labute approximate surface area is 138 Å². The van der Waals surface area contributed by atoms with Crippen LogP contribution in [0.3, 0.4) is 0 Å². The number of carbonyl (C=O) groups is 1. The first-order valence-electron chi connectivity index (χ1n) is 7.49. The van der Waals surface area contributed by atoms with Gasteiger partial charge >= 0.3 is 6.09 Å². The molecule has 1 aliphatic rings. The zero-order valence-electron chi connectivity index (χ0n) is 13.3. The monoisotopic (exact) mass is 333 g/mol. The van der Waals surface area contributed by atoms with Crippen molar-refractivity contribution in [1.82, 2.24) is 5.32 Å². The molecule has 1 atom stereocenters. The Bertz CT molecular complexity index is 805. The van der Waals surface area contributed by atoms with Crippen LogP contribution >= 0.6 is 0 Å². The van der Waals surface area contributed by atoms with Gasteiger partial charge in [0.1, 0.15) is 17.4 Å². The van der Waals surface area contributed by atoms with Crippen molar-refractivity contribution in [2.45, 2.75) is 19.9 Å². The molecule has 0 bridgehead atoms. The van der Waals surface area contributed by atoms with Crippen LogP contribution in [-0.4, -0.2) is 17.8 Å². The minimum absolute atomic E-state index is 0.133. The van der Waals surface area contributed by atoms with Crippen molar-refractivity contribution in [2.75, 3.05) is 6.61 Å². The van der Waals surface area contributed by atoms with E-state index in [1.807, 2.05) is 13.8 Å². The third kappa shape index (κ3) is 2.91. The molecular weight excluding hydrogens is 316 g/mol. The third-order valence-electron chi connectivity index (χ3n) is 4.21. The van der Waals surface area contributed by atoms with E-state index in [9.17, 15) is 13.6 Å². The number of nitrogens with one attached hydrogen (secondary N) is 1. The first-order chi connectivity index (χ1) is 11.3. The standard InChI is InChI=1S/C18H17F2NO3/c1-18(2)9-24-15-7-10(13-8-11(19)4-6-14(13)20)3-5-12(15)16(18)21-17(22)23/h3-8,16,21H,9H2,1-2H3,(H,22,23). The van der Waals surface area contributed by atoms with Crippen LogP contribution in [0.2, 0.25) is 0 Å². The highest BCUT2D eigenvalue weighted by Crippen LogP contribution is 2.44. The van der Waals surface area contributed by atoms with E-state index in [-0.39, 0.29) is 5.56 Å². The second kappa shape index (κ2) is 5.78. The summed E-state index contributed by atoms with van der Waals surface area (Å²) in [5.74, 6) is -0.599. The van der Waals surface area contributed by atoms with Crippen molar-refractivity contribution in [3.8, 4) is 16.9 Å². The minimum Gasteiger partial charge on any atom is -0.493 e. The molecule has 1 amide bonds. The highest BCUT2D eigenvalue weighted by molar-refractivity contribution is 5.69. The van der Waals surface area contributed by atoms with Crippen LogP contribution in [0.5, 0.6) is 5.75 Å². The Morgan fingerprint density at radius 2 is 2.00 bits per heavy atom. The van der Waals surface area contributed by atoms with Crippen LogP contribution in [0.15, 0.2) is 36.4 Å². The van der Waals surface area contributed by atoms with E-state index in [0.29, 0.717) is 23.5 Å². The minimum atomic E-state index is -1.12. The van der Waals surface area contributed by atoms with E-state index < -0.39 is 29.2 Å². The zero-order chi connectivity index (χ0) is 17.5. The molecule has 3 rings (SSSR count). The molecular formula is C18H17F2NO3. The predicted molar refractivity (Wildman–Crippen MR) is 85.0 cm³/mol. The van der Waals surface area contributed by atoms with Gasteiger partial charge in [0, 0.05) is 16.5 Å². The maximum atomic E-state index is 14.0. The number of amides is 1. The lowest BCUT2D eigenvalue weighted by molar-refractivity contribution is 0.0996. The van der Waals surface area contributed by atoms with Crippen molar-refractivity contribution >= 4 is 6.09 Å². The maximum absolute atomic E-state index is 14.0. The van der Waals surface area contributed by atoms with Crippen molar-refractivity contribution in [3.63, 3.8) is 0 Å². The normalized spacial score (nSPS) is 18.4. The van der Waals surface area contributed by atoms with Gasteiger partial charge in [0.15, 0.2) is 0 Å². The van der Waals surface area contributed by atoms with Gasteiger partial charge in [0.25, 0.3) is 0 Å². The molecule has 2 aromatic rings. The number of hydrogen-bond donors (Lipinski definition) is 2. The molecule has 1 heterocycles. The summed E-state index contributed by atoms with van der Waals surface area (Å²) >= 11 is 0. The summed E-state index contributed by atoms with van der Waals surface area (Å²) in [6.07, 6.45) is -1.12. The molecule has 4 nitrogen and oxygen atoms in total. The van der Waals surface area contributed by atoms with Gasteiger partial charge in [0.05, 0.1) is 12.6 Å². The van der Waals surface area contributed by atoms with Gasteiger partial charge in [-0.3, -0.25) is 0 Å². The van der Waals surface area contributed by atoms with Gasteiger partial charge in [-0.05, 0) is 29.8 Å². The van der Waals surface area contributed by atoms with E-state index in [1.165, 1.54) is 0 Å². The van der Waals surface area contributed by atoms with Crippen molar-refractivity contribution in [2.24, 2.45) is 5.41 Å². The van der Waals surface area contributed by atoms with E-state index in [0.717, 1.165) is 18.2 Å². The van der Waals surface area contributed by atoms with Gasteiger partial charge < -0.3 is 15.2 Å². The van der Waals surface area contributed by atoms with Crippen LogP contribution in [0.4, 0.5) is 13.6 Å². The van der Waals surface area contributed by atoms with Gasteiger partial charge in [-0.1, -0.05) is 26.0 Å². The molecule has 1 aliphatic heterocycles. The van der Waals surface area contributed by atoms with E-state index in [2.05, 4.69) is 5.32 Å². The van der Waals surface area contributed by atoms with Crippen LogP contribution in [0, 0.1) is 17.0 Å². The highest BCUT2D eigenvalue weighted by Gasteiger charge is 2.38. The Kier molecular flexibility index (Phi) is 3.91. The highest BCUT2D eigenvalue weighted by atomic mass is 19.1. The van der Waals surface area contributed by atoms with Crippen LogP contribution in [-0.2, 0) is 0 Å². The molecule has 126 valence electrons. The van der Waals surface area contributed by atoms with E-state index in [4.69, 9.17) is 9.84 Å². The quantitative estimate of drug-likeness (QED) is 0.858. The van der Waals surface area contributed by atoms with E-state index in [1.54, 1.807) is 18.2 Å². The lowest BCUT2D eigenvalue weighted by atomic mass is 9.78. The van der Waals surface area contributed by atoms with E-state index >= 15 is 0 Å². The number of fused-ring (bicyclic) bond motifs is 1. The van der Waals surface area contributed by atoms with Gasteiger partial charge in [-0.15, -0.1) is 0 Å². The van der Waals surface area contributed by atoms with Gasteiger partial charge in [0.2, 0.25) is 0 Å². The largest absolute Gasteiger partial charge is 0.493 e. The Morgan fingerprint density at radius 3 is 2.71 bits per heavy atom. The van der Waals surface area contributed by atoms with Gasteiger partial charge in [-0.25, -0.2) is 13.6 Å². The first kappa shape index (κ1) is 16.2. The second-order valence-electron chi connectivity index (χ2n) is 6.54. The molecule has 0 radical (unpaired) electrons. The fourth-order valence-corrected chi connectivity index (χ4v) is 2.95. The molecule has 6 heteroatoms. The first-order valence-corrected chi connectivity index (χ1v) is 7.49. The topological polar surface area (TPSA) is 58.6 Å². The Morgan fingerprint density at radius 1 is 1.25 bits per heavy atom. The summed E-state index contributed by atoms with van der Waals surface area (Å²) in [5.41, 5.74) is 0.847. The molecule has 0 aromatic heterocycles. The number of ether oxygens (including phenoxy) is 1. The smallest absolute Gasteiger partial charge is 0.405 e. The Balaban J connectivity index is 2.06. The summed E-state index contributed by atoms with van der Waals surface area (Å²) in [5, 5.41) is 11.6. The lowest BCUT2D eigenvalue weighted by Crippen LogP contribution is -2.43. The summed E-state index contributed by atoms with van der Waals surface area (Å²) < 4.78 is 33.1. The fraction of sp³-hybridized carbons (Fsp3) is 0.278. The molecule has 2 N–H and O–H groups in total. The fourth-order valence-electron chi connectivity index (χ4n) is 2.95. The number of benzene rings is 2. The molecule has 0 aliphatic carbocycles. The van der Waals surface area contributed by atoms with Crippen LogP contribution in [0.25, 0.3) is 11.1 Å². The average molecular weight is 333 g/mol. The molecule has 24 heavy (non-hydrogen) atoms. The summed E-state index contributed by atoms with van der Waals surface area (Å²) in [6.45, 7) is 4.10. The zero-order valence-corrected chi connectivity index (χ0v) is 13.3. The lowest BCUT2D eigenvalue weighted by Gasteiger charge is -2.39. The van der Waals surface area contributed by atoms with Crippen molar-refractivity contribution in [3.05, 3.63) is 53.6 Å². The molecule has 1 unspecified atom stereocenters. The number of carboxylic acid groups (broad SMARTS) is 1. The summed E-state index contributed by atoms with van der Waals surface area (Å²) in [7, 11) is 0. The number of rotatable bonds is 2. The Hall–Kier alpha value is -2.63. The SMILES string of the molecule is CC1(C)COc2cc(-c3cc(F)ccc3F)ccc2C1NC(=O)O. The van der Waals surface area contributed by atoms with Gasteiger partial charge in [-0.2, -0.15) is 0 Å².